The van der Waals surface area contributed by atoms with Crippen molar-refractivity contribution in [3.8, 4) is 11.5 Å². The molecule has 3 aliphatic heterocycles. The number of hydrogen-bond donors (Lipinski definition) is 2. The molecule has 2 aromatic carbocycles. The van der Waals surface area contributed by atoms with Crippen LogP contribution >= 0.6 is 12.2 Å². The Bertz CT molecular complexity index is 1310. The minimum atomic E-state index is 0.485. The fourth-order valence-corrected chi connectivity index (χ4v) is 5.56. The van der Waals surface area contributed by atoms with Crippen molar-refractivity contribution in [1.29, 1.82) is 0 Å². The summed E-state index contributed by atoms with van der Waals surface area (Å²) in [5.41, 5.74) is 2.33. The number of piperazine rings is 1. The van der Waals surface area contributed by atoms with Gasteiger partial charge in [0, 0.05) is 57.6 Å². The summed E-state index contributed by atoms with van der Waals surface area (Å²) in [5.74, 6) is 4.72. The number of hydrogen-bond acceptors (Lipinski definition) is 8. The van der Waals surface area contributed by atoms with Crippen molar-refractivity contribution in [1.82, 2.24) is 15.3 Å². The second-order valence-corrected chi connectivity index (χ2v) is 11.1. The van der Waals surface area contributed by atoms with Gasteiger partial charge in [-0.3, -0.25) is 0 Å². The zero-order valence-electron chi connectivity index (χ0n) is 23.0. The lowest BCUT2D eigenvalue weighted by Crippen LogP contribution is -2.47. The van der Waals surface area contributed by atoms with Crippen molar-refractivity contribution < 1.29 is 9.47 Å². The molecule has 0 unspecified atom stereocenters. The SMILES string of the molecule is CC1CCN(c2cc(N3CCN(c4ccccc4)CC3)nc(NC(=S)NCc3ccc4c(c3)OCCO4)n2)CC1. The first kappa shape index (κ1) is 26.4. The molecule has 0 saturated carbocycles. The standard InChI is InChI=1S/C30H37N7O2S/c1-22-9-11-36(12-10-22)27-20-28(37-15-13-35(14-16-37)24-5-3-2-4-6-24)33-29(32-27)34-30(40)31-21-23-7-8-25-26(19-23)39-18-17-38-25/h2-8,19-20,22H,9-18,21H2,1H3,(H2,31,32,33,34,40). The Labute approximate surface area is 241 Å². The monoisotopic (exact) mass is 559 g/mol. The Hall–Kier alpha value is -3.79. The van der Waals surface area contributed by atoms with Crippen LogP contribution in [-0.2, 0) is 6.54 Å². The lowest BCUT2D eigenvalue weighted by Gasteiger charge is -2.37. The van der Waals surface area contributed by atoms with Crippen LogP contribution in [-0.4, -0.2) is 67.6 Å². The predicted octanol–water partition coefficient (Wildman–Crippen LogP) is 4.30. The largest absolute Gasteiger partial charge is 0.486 e. The average molecular weight is 560 g/mol. The predicted molar refractivity (Wildman–Crippen MR) is 164 cm³/mol. The first-order valence-electron chi connectivity index (χ1n) is 14.2. The maximum atomic E-state index is 5.71. The van der Waals surface area contributed by atoms with Crippen LogP contribution in [0, 0.1) is 5.92 Å². The maximum Gasteiger partial charge on any atom is 0.232 e. The molecule has 4 heterocycles. The number of aromatic nitrogens is 2. The van der Waals surface area contributed by atoms with Gasteiger partial charge in [0.2, 0.25) is 5.95 Å². The van der Waals surface area contributed by atoms with Crippen molar-refractivity contribution in [2.45, 2.75) is 26.3 Å². The van der Waals surface area contributed by atoms with Gasteiger partial charge >= 0.3 is 0 Å². The highest BCUT2D eigenvalue weighted by molar-refractivity contribution is 7.80. The van der Waals surface area contributed by atoms with Crippen molar-refractivity contribution in [3.63, 3.8) is 0 Å². The number of rotatable bonds is 6. The van der Waals surface area contributed by atoms with Crippen LogP contribution in [0.3, 0.4) is 0 Å². The second kappa shape index (κ2) is 12.2. The molecule has 3 aromatic rings. The van der Waals surface area contributed by atoms with E-state index < -0.39 is 0 Å². The fraction of sp³-hybridized carbons (Fsp3) is 0.433. The molecule has 2 N–H and O–H groups in total. The van der Waals surface area contributed by atoms with E-state index in [0.717, 1.165) is 73.9 Å². The number of ether oxygens (including phenoxy) is 2. The molecule has 40 heavy (non-hydrogen) atoms. The van der Waals surface area contributed by atoms with Gasteiger partial charge in [0.05, 0.1) is 0 Å². The van der Waals surface area contributed by atoms with E-state index in [2.05, 4.69) is 68.7 Å². The zero-order valence-corrected chi connectivity index (χ0v) is 23.8. The number of piperidine rings is 1. The van der Waals surface area contributed by atoms with Crippen molar-refractivity contribution >= 4 is 40.6 Å². The Morgan fingerprint density at radius 2 is 1.48 bits per heavy atom. The van der Waals surface area contributed by atoms with Crippen LogP contribution in [0.25, 0.3) is 0 Å². The van der Waals surface area contributed by atoms with Crippen LogP contribution in [0.2, 0.25) is 0 Å². The molecular formula is C30H37N7O2S. The lowest BCUT2D eigenvalue weighted by atomic mass is 9.99. The van der Waals surface area contributed by atoms with Gasteiger partial charge < -0.3 is 34.8 Å². The summed E-state index contributed by atoms with van der Waals surface area (Å²) in [6, 6.07) is 18.7. The van der Waals surface area contributed by atoms with Crippen LogP contribution in [0.15, 0.2) is 54.6 Å². The van der Waals surface area contributed by atoms with Gasteiger partial charge in [-0.1, -0.05) is 31.2 Å². The summed E-state index contributed by atoms with van der Waals surface area (Å²) in [6.07, 6.45) is 2.35. The van der Waals surface area contributed by atoms with Crippen LogP contribution in [0.5, 0.6) is 11.5 Å². The van der Waals surface area contributed by atoms with E-state index >= 15 is 0 Å². The molecule has 210 valence electrons. The van der Waals surface area contributed by atoms with Gasteiger partial charge in [0.1, 0.15) is 24.8 Å². The molecule has 1 aromatic heterocycles. The first-order valence-corrected chi connectivity index (χ1v) is 14.6. The van der Waals surface area contributed by atoms with Crippen molar-refractivity contribution in [3.05, 3.63) is 60.2 Å². The highest BCUT2D eigenvalue weighted by Gasteiger charge is 2.23. The normalized spacial score (nSPS) is 17.5. The maximum absolute atomic E-state index is 5.71. The van der Waals surface area contributed by atoms with E-state index in [1.807, 2.05) is 18.2 Å². The van der Waals surface area contributed by atoms with Gasteiger partial charge in [-0.15, -0.1) is 0 Å². The molecule has 0 amide bonds. The van der Waals surface area contributed by atoms with Gasteiger partial charge in [-0.2, -0.15) is 9.97 Å². The van der Waals surface area contributed by atoms with E-state index in [4.69, 9.17) is 31.7 Å². The zero-order chi connectivity index (χ0) is 27.3. The molecule has 0 radical (unpaired) electrons. The Morgan fingerprint density at radius 3 is 2.20 bits per heavy atom. The number of thiocarbonyl (C=S) groups is 1. The number of anilines is 4. The molecule has 0 spiro atoms. The highest BCUT2D eigenvalue weighted by Crippen LogP contribution is 2.31. The third-order valence-corrected chi connectivity index (χ3v) is 8.06. The molecule has 2 fully saturated rings. The number of nitrogens with one attached hydrogen (secondary N) is 2. The van der Waals surface area contributed by atoms with Crippen LogP contribution < -0.4 is 34.8 Å². The Balaban J connectivity index is 1.14. The number of nitrogens with zero attached hydrogens (tertiary/aromatic N) is 5. The summed E-state index contributed by atoms with van der Waals surface area (Å²) in [6.45, 7) is 9.73. The Kier molecular flexibility index (Phi) is 8.04. The number of benzene rings is 2. The molecule has 0 aliphatic carbocycles. The second-order valence-electron chi connectivity index (χ2n) is 10.7. The van der Waals surface area contributed by atoms with Crippen LogP contribution in [0.1, 0.15) is 25.3 Å². The van der Waals surface area contributed by atoms with E-state index in [1.54, 1.807) is 0 Å². The number of fused-ring (bicyclic) bond motifs is 1. The molecule has 0 bridgehead atoms. The summed E-state index contributed by atoms with van der Waals surface area (Å²) in [4.78, 5) is 17.0. The molecular weight excluding hydrogens is 522 g/mol. The summed E-state index contributed by atoms with van der Waals surface area (Å²) in [7, 11) is 0. The van der Waals surface area contributed by atoms with E-state index in [0.29, 0.717) is 30.8 Å². The molecule has 0 atom stereocenters. The van der Waals surface area contributed by atoms with Crippen LogP contribution in [0.4, 0.5) is 23.3 Å². The quantitative estimate of drug-likeness (QED) is 0.427. The van der Waals surface area contributed by atoms with E-state index in [1.165, 1.54) is 18.5 Å². The molecule has 6 rings (SSSR count). The number of para-hydroxylation sites is 1. The molecule has 9 nitrogen and oxygen atoms in total. The molecule has 10 heteroatoms. The average Bonchev–Trinajstić information content (AvgIpc) is 3.00. The Morgan fingerprint density at radius 1 is 0.825 bits per heavy atom. The topological polar surface area (TPSA) is 78.0 Å². The first-order chi connectivity index (χ1) is 19.6. The van der Waals surface area contributed by atoms with Gasteiger partial charge in [0.25, 0.3) is 0 Å². The lowest BCUT2D eigenvalue weighted by molar-refractivity contribution is 0.171. The third-order valence-electron chi connectivity index (χ3n) is 7.82. The van der Waals surface area contributed by atoms with E-state index in [-0.39, 0.29) is 0 Å². The van der Waals surface area contributed by atoms with E-state index in [9.17, 15) is 0 Å². The minimum absolute atomic E-state index is 0.485. The molecule has 2 saturated heterocycles. The summed E-state index contributed by atoms with van der Waals surface area (Å²) >= 11 is 5.65. The fourth-order valence-electron chi connectivity index (χ4n) is 5.40. The van der Waals surface area contributed by atoms with Gasteiger partial charge in [-0.25, -0.2) is 0 Å². The smallest absolute Gasteiger partial charge is 0.232 e. The summed E-state index contributed by atoms with van der Waals surface area (Å²) < 4.78 is 11.3. The van der Waals surface area contributed by atoms with Crippen molar-refractivity contribution in [2.24, 2.45) is 5.92 Å². The minimum Gasteiger partial charge on any atom is -0.486 e. The van der Waals surface area contributed by atoms with Gasteiger partial charge in [0.15, 0.2) is 16.6 Å². The highest BCUT2D eigenvalue weighted by atomic mass is 32.1. The third kappa shape index (κ3) is 6.33. The van der Waals surface area contributed by atoms with Gasteiger partial charge in [-0.05, 0) is 60.8 Å². The van der Waals surface area contributed by atoms with Crippen molar-refractivity contribution in [2.75, 3.05) is 72.5 Å². The summed E-state index contributed by atoms with van der Waals surface area (Å²) in [5, 5.41) is 7.03. The molecule has 3 aliphatic rings.